The molecule has 0 unspecified atom stereocenters. The number of anilines is 1. The van der Waals surface area contributed by atoms with E-state index in [2.05, 4.69) is 35.3 Å². The Labute approximate surface area is 128 Å². The lowest BCUT2D eigenvalue weighted by Crippen LogP contribution is -2.28. The molecule has 0 spiro atoms. The van der Waals surface area contributed by atoms with Crippen molar-refractivity contribution >= 4 is 5.69 Å². The second kappa shape index (κ2) is 8.90. The van der Waals surface area contributed by atoms with E-state index < -0.39 is 0 Å². The van der Waals surface area contributed by atoms with Crippen molar-refractivity contribution in [3.63, 3.8) is 0 Å². The van der Waals surface area contributed by atoms with Gasteiger partial charge in [0.25, 0.3) is 0 Å². The molecule has 0 amide bonds. The number of methoxy groups -OCH3 is 1. The third-order valence-corrected chi connectivity index (χ3v) is 3.80. The van der Waals surface area contributed by atoms with Gasteiger partial charge >= 0.3 is 0 Å². The number of aryl methyl sites for hydroxylation is 1. The highest BCUT2D eigenvalue weighted by molar-refractivity contribution is 5.60. The number of nitrogens with zero attached hydrogens (tertiary/aromatic N) is 1. The van der Waals surface area contributed by atoms with Crippen LogP contribution in [0, 0.1) is 6.92 Å². The van der Waals surface area contributed by atoms with E-state index >= 15 is 0 Å². The zero-order valence-electron chi connectivity index (χ0n) is 13.4. The van der Waals surface area contributed by atoms with E-state index in [1.165, 1.54) is 17.7 Å². The molecule has 0 bridgehead atoms. The molecular weight excluding hydrogens is 264 g/mol. The van der Waals surface area contributed by atoms with Crippen LogP contribution in [0.15, 0.2) is 18.2 Å². The van der Waals surface area contributed by atoms with Crippen molar-refractivity contribution < 1.29 is 9.47 Å². The summed E-state index contributed by atoms with van der Waals surface area (Å²) in [4.78, 5) is 2.44. The van der Waals surface area contributed by atoms with Gasteiger partial charge in [0.05, 0.1) is 12.3 Å². The molecule has 1 fully saturated rings. The van der Waals surface area contributed by atoms with Crippen LogP contribution in [0.5, 0.6) is 5.75 Å². The highest BCUT2D eigenvalue weighted by atomic mass is 16.5. The van der Waals surface area contributed by atoms with Crippen molar-refractivity contribution in [2.75, 3.05) is 51.4 Å². The zero-order chi connectivity index (χ0) is 14.9. The lowest BCUT2D eigenvalue weighted by atomic mass is 10.2. The Bertz CT molecular complexity index is 415. The van der Waals surface area contributed by atoms with Crippen molar-refractivity contribution in [3.05, 3.63) is 23.8 Å². The molecule has 0 aliphatic carbocycles. The second-order valence-corrected chi connectivity index (χ2v) is 5.61. The SMILES string of the molecule is COCCCCOc1ccc(C)cc1N1CCCNCC1. The van der Waals surface area contributed by atoms with E-state index in [0.717, 1.165) is 58.0 Å². The fourth-order valence-electron chi connectivity index (χ4n) is 2.61. The van der Waals surface area contributed by atoms with Crippen LogP contribution in [0.25, 0.3) is 0 Å². The van der Waals surface area contributed by atoms with Gasteiger partial charge in [-0.3, -0.25) is 0 Å². The van der Waals surface area contributed by atoms with Gasteiger partial charge in [-0.1, -0.05) is 6.07 Å². The Balaban J connectivity index is 1.98. The predicted octanol–water partition coefficient (Wildman–Crippen LogP) is 2.60. The average molecular weight is 292 g/mol. The van der Waals surface area contributed by atoms with Gasteiger partial charge < -0.3 is 19.7 Å². The molecule has 1 saturated heterocycles. The lowest BCUT2D eigenvalue weighted by Gasteiger charge is -2.25. The Morgan fingerprint density at radius 2 is 2.00 bits per heavy atom. The Hall–Kier alpha value is -1.26. The Kier molecular flexibility index (Phi) is 6.83. The summed E-state index contributed by atoms with van der Waals surface area (Å²) in [6.07, 6.45) is 3.26. The molecule has 0 atom stereocenters. The zero-order valence-corrected chi connectivity index (χ0v) is 13.4. The summed E-state index contributed by atoms with van der Waals surface area (Å²) in [6, 6.07) is 6.49. The van der Waals surface area contributed by atoms with Crippen LogP contribution in [-0.4, -0.2) is 46.5 Å². The molecule has 0 saturated carbocycles. The molecule has 1 aliphatic rings. The van der Waals surface area contributed by atoms with E-state index in [9.17, 15) is 0 Å². The molecule has 0 radical (unpaired) electrons. The lowest BCUT2D eigenvalue weighted by molar-refractivity contribution is 0.184. The molecular formula is C17H28N2O2. The molecule has 1 aromatic rings. The highest BCUT2D eigenvalue weighted by Crippen LogP contribution is 2.30. The minimum atomic E-state index is 0.755. The quantitative estimate of drug-likeness (QED) is 0.783. The first-order valence-corrected chi connectivity index (χ1v) is 7.99. The van der Waals surface area contributed by atoms with Crippen LogP contribution in [0.4, 0.5) is 5.69 Å². The maximum absolute atomic E-state index is 6.02. The molecule has 1 heterocycles. The van der Waals surface area contributed by atoms with Gasteiger partial charge in [0.2, 0.25) is 0 Å². The topological polar surface area (TPSA) is 33.7 Å². The molecule has 2 rings (SSSR count). The van der Waals surface area contributed by atoms with E-state index in [1.54, 1.807) is 7.11 Å². The van der Waals surface area contributed by atoms with E-state index in [-0.39, 0.29) is 0 Å². The van der Waals surface area contributed by atoms with E-state index in [4.69, 9.17) is 9.47 Å². The summed E-state index contributed by atoms with van der Waals surface area (Å²) in [5, 5.41) is 3.45. The summed E-state index contributed by atoms with van der Waals surface area (Å²) in [5.74, 6) is 1.01. The van der Waals surface area contributed by atoms with Gasteiger partial charge in [-0.05, 0) is 50.4 Å². The number of hydrogen-bond acceptors (Lipinski definition) is 4. The molecule has 0 aromatic heterocycles. The standard InChI is InChI=1S/C17H28N2O2/c1-15-6-7-17(21-13-4-3-12-20-2)16(14-15)19-10-5-8-18-9-11-19/h6-7,14,18H,3-5,8-13H2,1-2H3. The first-order valence-electron chi connectivity index (χ1n) is 7.99. The summed E-state index contributed by atoms with van der Waals surface area (Å²) in [6.45, 7) is 7.99. The van der Waals surface area contributed by atoms with E-state index in [1.807, 2.05) is 0 Å². The molecule has 21 heavy (non-hydrogen) atoms. The number of nitrogens with one attached hydrogen (secondary N) is 1. The maximum atomic E-state index is 6.02. The Morgan fingerprint density at radius 3 is 2.86 bits per heavy atom. The monoisotopic (exact) mass is 292 g/mol. The first kappa shape index (κ1) is 16.1. The fourth-order valence-corrected chi connectivity index (χ4v) is 2.61. The van der Waals surface area contributed by atoms with Gasteiger partial charge in [0, 0.05) is 33.4 Å². The number of benzene rings is 1. The molecule has 1 aliphatic heterocycles. The van der Waals surface area contributed by atoms with Crippen molar-refractivity contribution in [1.29, 1.82) is 0 Å². The second-order valence-electron chi connectivity index (χ2n) is 5.61. The smallest absolute Gasteiger partial charge is 0.142 e. The van der Waals surface area contributed by atoms with Gasteiger partial charge in [-0.2, -0.15) is 0 Å². The maximum Gasteiger partial charge on any atom is 0.142 e. The van der Waals surface area contributed by atoms with Crippen molar-refractivity contribution in [3.8, 4) is 5.75 Å². The average Bonchev–Trinajstić information content (AvgIpc) is 2.77. The normalized spacial score (nSPS) is 15.8. The minimum absolute atomic E-state index is 0.755. The molecule has 1 N–H and O–H groups in total. The van der Waals surface area contributed by atoms with Crippen LogP contribution in [0.2, 0.25) is 0 Å². The molecule has 4 heteroatoms. The van der Waals surface area contributed by atoms with Crippen LogP contribution >= 0.6 is 0 Å². The summed E-state index contributed by atoms with van der Waals surface area (Å²) >= 11 is 0. The molecule has 1 aromatic carbocycles. The van der Waals surface area contributed by atoms with Gasteiger partial charge in [-0.25, -0.2) is 0 Å². The Morgan fingerprint density at radius 1 is 1.14 bits per heavy atom. The van der Waals surface area contributed by atoms with Gasteiger partial charge in [0.15, 0.2) is 0 Å². The van der Waals surface area contributed by atoms with Gasteiger partial charge in [0.1, 0.15) is 5.75 Å². The number of rotatable bonds is 7. The first-order chi connectivity index (χ1) is 10.3. The minimum Gasteiger partial charge on any atom is -0.491 e. The molecule has 118 valence electrons. The van der Waals surface area contributed by atoms with Crippen LogP contribution in [-0.2, 0) is 4.74 Å². The third kappa shape index (κ3) is 5.21. The third-order valence-electron chi connectivity index (χ3n) is 3.80. The molecule has 4 nitrogen and oxygen atoms in total. The summed E-state index contributed by atoms with van der Waals surface area (Å²) < 4.78 is 11.1. The fraction of sp³-hybridized carbons (Fsp3) is 0.647. The highest BCUT2D eigenvalue weighted by Gasteiger charge is 2.14. The number of hydrogen-bond donors (Lipinski definition) is 1. The van der Waals surface area contributed by atoms with E-state index in [0.29, 0.717) is 0 Å². The van der Waals surface area contributed by atoms with Crippen molar-refractivity contribution in [2.45, 2.75) is 26.2 Å². The van der Waals surface area contributed by atoms with Crippen molar-refractivity contribution in [1.82, 2.24) is 5.32 Å². The van der Waals surface area contributed by atoms with Gasteiger partial charge in [-0.15, -0.1) is 0 Å². The summed E-state index contributed by atoms with van der Waals surface area (Å²) in [7, 11) is 1.74. The van der Waals surface area contributed by atoms with Crippen LogP contribution < -0.4 is 15.0 Å². The van der Waals surface area contributed by atoms with Crippen LogP contribution in [0.1, 0.15) is 24.8 Å². The van der Waals surface area contributed by atoms with Crippen molar-refractivity contribution in [2.24, 2.45) is 0 Å². The van der Waals surface area contributed by atoms with Crippen LogP contribution in [0.3, 0.4) is 0 Å². The number of ether oxygens (including phenoxy) is 2. The largest absolute Gasteiger partial charge is 0.491 e. The summed E-state index contributed by atoms with van der Waals surface area (Å²) in [5.41, 5.74) is 2.53. The predicted molar refractivity (Wildman–Crippen MR) is 87.5 cm³/mol. The number of unbranched alkanes of at least 4 members (excludes halogenated alkanes) is 1.